The van der Waals surface area contributed by atoms with Crippen molar-refractivity contribution in [2.45, 2.75) is 5.37 Å². The smallest absolute Gasteiger partial charge is 0.326 e. The van der Waals surface area contributed by atoms with Crippen molar-refractivity contribution < 1.29 is 14.7 Å². The summed E-state index contributed by atoms with van der Waals surface area (Å²) in [6.45, 7) is 0. The Bertz CT molecular complexity index is 368. The van der Waals surface area contributed by atoms with Crippen LogP contribution in [0.15, 0.2) is 30.3 Å². The number of nitrogens with two attached hydrogens (primary N) is 1. The zero-order chi connectivity index (χ0) is 12.7. The van der Waals surface area contributed by atoms with E-state index in [0.29, 0.717) is 0 Å². The van der Waals surface area contributed by atoms with Gasteiger partial charge in [0.1, 0.15) is 0 Å². The highest BCUT2D eigenvalue weighted by Gasteiger charge is 2.13. The van der Waals surface area contributed by atoms with Crippen LogP contribution in [-0.4, -0.2) is 22.9 Å². The van der Waals surface area contributed by atoms with Crippen molar-refractivity contribution in [1.29, 1.82) is 0 Å². The van der Waals surface area contributed by atoms with E-state index in [4.69, 9.17) is 10.8 Å². The fraction of sp³-hybridized carbons (Fsp3) is 0.200. The second-order valence-corrected chi connectivity index (χ2v) is 4.22. The van der Waals surface area contributed by atoms with E-state index in [2.05, 4.69) is 10.9 Å². The number of thioether (sulfide) groups is 1. The van der Waals surface area contributed by atoms with Gasteiger partial charge in [-0.1, -0.05) is 30.3 Å². The van der Waals surface area contributed by atoms with Crippen LogP contribution < -0.4 is 16.6 Å². The maximum atomic E-state index is 10.6. The number of carboxylic acid groups (broad SMARTS) is 1. The molecular formula is C10H13N3O3S. The number of hydrogen-bond donors (Lipinski definition) is 4. The number of nitrogens with one attached hydrogen (secondary N) is 2. The van der Waals surface area contributed by atoms with Gasteiger partial charge in [0.05, 0.1) is 11.1 Å². The molecule has 0 spiro atoms. The Hall–Kier alpha value is -1.73. The maximum Gasteiger partial charge on any atom is 0.326 e. The van der Waals surface area contributed by atoms with E-state index < -0.39 is 12.0 Å². The van der Waals surface area contributed by atoms with Gasteiger partial charge in [-0.05, 0) is 5.56 Å². The van der Waals surface area contributed by atoms with E-state index >= 15 is 0 Å². The van der Waals surface area contributed by atoms with Crippen molar-refractivity contribution in [3.8, 4) is 0 Å². The van der Waals surface area contributed by atoms with Crippen LogP contribution in [0.2, 0.25) is 0 Å². The summed E-state index contributed by atoms with van der Waals surface area (Å²) in [4.78, 5) is 21.1. The number of hydrogen-bond acceptors (Lipinski definition) is 4. The molecule has 0 aliphatic heterocycles. The predicted molar refractivity (Wildman–Crippen MR) is 65.1 cm³/mol. The molecule has 0 aliphatic rings. The zero-order valence-electron chi connectivity index (χ0n) is 8.92. The standard InChI is InChI=1S/C10H13N3O3S/c11-10(16)13-12-9(17-6-8(14)15)7-4-2-1-3-5-7/h1-5,9,12H,6H2,(H,14,15)(H3,11,13,16)/t9-/m0/s1. The van der Waals surface area contributed by atoms with Gasteiger partial charge in [-0.3, -0.25) is 10.2 Å². The van der Waals surface area contributed by atoms with Gasteiger partial charge in [-0.2, -0.15) is 0 Å². The van der Waals surface area contributed by atoms with Gasteiger partial charge in [0.25, 0.3) is 0 Å². The molecule has 0 radical (unpaired) electrons. The number of aliphatic carboxylic acids is 1. The number of carbonyl (C=O) groups is 2. The number of hydrazine groups is 1. The number of carbonyl (C=O) groups excluding carboxylic acids is 1. The van der Waals surface area contributed by atoms with Crippen molar-refractivity contribution >= 4 is 23.8 Å². The lowest BCUT2D eigenvalue weighted by molar-refractivity contribution is -0.133. The molecule has 1 aromatic carbocycles. The van der Waals surface area contributed by atoms with E-state index in [-0.39, 0.29) is 11.1 Å². The molecule has 0 aromatic heterocycles. The highest BCUT2D eigenvalue weighted by atomic mass is 32.2. The van der Waals surface area contributed by atoms with Crippen molar-refractivity contribution in [3.05, 3.63) is 35.9 Å². The summed E-state index contributed by atoms with van der Waals surface area (Å²) >= 11 is 1.14. The molecule has 0 unspecified atom stereocenters. The fourth-order valence-corrected chi connectivity index (χ4v) is 1.94. The first-order chi connectivity index (χ1) is 8.09. The predicted octanol–water partition coefficient (Wildman–Crippen LogP) is 0.676. The van der Waals surface area contributed by atoms with Gasteiger partial charge in [0, 0.05) is 0 Å². The largest absolute Gasteiger partial charge is 0.481 e. The molecule has 1 rings (SSSR count). The molecule has 1 atom stereocenters. The first-order valence-corrected chi connectivity index (χ1v) is 5.84. The minimum Gasteiger partial charge on any atom is -0.481 e. The molecule has 0 aliphatic carbocycles. The second-order valence-electron chi connectivity index (χ2n) is 3.13. The number of rotatable bonds is 6. The molecule has 0 saturated carbocycles. The molecule has 17 heavy (non-hydrogen) atoms. The average Bonchev–Trinajstić information content (AvgIpc) is 2.29. The van der Waals surface area contributed by atoms with Crippen LogP contribution in [0.1, 0.15) is 10.9 Å². The topological polar surface area (TPSA) is 104 Å². The number of benzene rings is 1. The molecule has 0 fully saturated rings. The molecular weight excluding hydrogens is 242 g/mol. The third-order valence-electron chi connectivity index (χ3n) is 1.80. The Kier molecular flexibility index (Phi) is 5.31. The van der Waals surface area contributed by atoms with Crippen LogP contribution in [-0.2, 0) is 4.79 Å². The van der Waals surface area contributed by atoms with Crippen LogP contribution in [0.25, 0.3) is 0 Å². The van der Waals surface area contributed by atoms with Gasteiger partial charge in [0.2, 0.25) is 0 Å². The lowest BCUT2D eigenvalue weighted by atomic mass is 10.2. The molecule has 2 amide bonds. The van der Waals surface area contributed by atoms with Crippen molar-refractivity contribution in [1.82, 2.24) is 10.9 Å². The molecule has 0 saturated heterocycles. The Morgan fingerprint density at radius 3 is 2.53 bits per heavy atom. The van der Waals surface area contributed by atoms with Crippen molar-refractivity contribution in [2.75, 3.05) is 5.75 Å². The van der Waals surface area contributed by atoms with Crippen LogP contribution >= 0.6 is 11.8 Å². The summed E-state index contributed by atoms with van der Waals surface area (Å²) in [5.41, 5.74) is 10.7. The van der Waals surface area contributed by atoms with Crippen LogP contribution in [0.3, 0.4) is 0 Å². The first-order valence-electron chi connectivity index (χ1n) is 4.79. The monoisotopic (exact) mass is 255 g/mol. The summed E-state index contributed by atoms with van der Waals surface area (Å²) < 4.78 is 0. The molecule has 6 nitrogen and oxygen atoms in total. The van der Waals surface area contributed by atoms with Crippen LogP contribution in [0, 0.1) is 0 Å². The van der Waals surface area contributed by atoms with Crippen molar-refractivity contribution in [2.24, 2.45) is 5.73 Å². The number of primary amides is 1. The molecule has 0 heterocycles. The summed E-state index contributed by atoms with van der Waals surface area (Å²) in [5, 5.41) is 8.26. The van der Waals surface area contributed by atoms with Crippen molar-refractivity contribution in [3.63, 3.8) is 0 Å². The summed E-state index contributed by atoms with van der Waals surface area (Å²) in [5.74, 6) is -0.996. The van der Waals surface area contributed by atoms with Gasteiger partial charge < -0.3 is 10.8 Å². The van der Waals surface area contributed by atoms with Gasteiger partial charge in [-0.25, -0.2) is 10.2 Å². The van der Waals surface area contributed by atoms with E-state index in [0.717, 1.165) is 17.3 Å². The normalized spacial score (nSPS) is 11.8. The van der Waals surface area contributed by atoms with E-state index in [1.54, 1.807) is 0 Å². The highest BCUT2D eigenvalue weighted by Crippen LogP contribution is 2.24. The maximum absolute atomic E-state index is 10.6. The van der Waals surface area contributed by atoms with Crippen LogP contribution in [0.5, 0.6) is 0 Å². The quantitative estimate of drug-likeness (QED) is 0.442. The Balaban J connectivity index is 2.64. The number of amides is 2. The Morgan fingerprint density at radius 1 is 1.35 bits per heavy atom. The molecule has 92 valence electrons. The molecule has 0 bridgehead atoms. The lowest BCUT2D eigenvalue weighted by Gasteiger charge is -2.17. The van der Waals surface area contributed by atoms with Gasteiger partial charge >= 0.3 is 12.0 Å². The first kappa shape index (κ1) is 13.3. The molecule has 5 N–H and O–H groups in total. The van der Waals surface area contributed by atoms with E-state index in [1.807, 2.05) is 30.3 Å². The summed E-state index contributed by atoms with van der Waals surface area (Å²) in [7, 11) is 0. The Morgan fingerprint density at radius 2 is 2.00 bits per heavy atom. The van der Waals surface area contributed by atoms with Gasteiger partial charge in [0.15, 0.2) is 0 Å². The lowest BCUT2D eigenvalue weighted by Crippen LogP contribution is -2.42. The van der Waals surface area contributed by atoms with Gasteiger partial charge in [-0.15, -0.1) is 11.8 Å². The Labute approximate surface area is 103 Å². The average molecular weight is 255 g/mol. The van der Waals surface area contributed by atoms with E-state index in [1.165, 1.54) is 0 Å². The number of carboxylic acids is 1. The zero-order valence-corrected chi connectivity index (χ0v) is 9.74. The molecule has 1 aromatic rings. The minimum absolute atomic E-state index is 0.0764. The third-order valence-corrected chi connectivity index (χ3v) is 2.94. The highest BCUT2D eigenvalue weighted by molar-refractivity contribution is 8.00. The summed E-state index contributed by atoms with van der Waals surface area (Å²) in [6, 6.07) is 8.45. The summed E-state index contributed by atoms with van der Waals surface area (Å²) in [6.07, 6.45) is 0. The third kappa shape index (κ3) is 5.23. The van der Waals surface area contributed by atoms with Crippen LogP contribution in [0.4, 0.5) is 4.79 Å². The SMILES string of the molecule is NC(=O)NN[C@@H](SCC(=O)O)c1ccccc1. The number of urea groups is 1. The minimum atomic E-state index is -0.920. The second kappa shape index (κ2) is 6.77. The van der Waals surface area contributed by atoms with E-state index in [9.17, 15) is 9.59 Å². The fourth-order valence-electron chi connectivity index (χ4n) is 1.14. The molecule has 7 heteroatoms.